The molecule has 4 rings (SSSR count). The summed E-state index contributed by atoms with van der Waals surface area (Å²) >= 11 is 6.05. The van der Waals surface area contributed by atoms with E-state index in [4.69, 9.17) is 11.6 Å². The van der Waals surface area contributed by atoms with Crippen molar-refractivity contribution in [1.29, 1.82) is 0 Å². The van der Waals surface area contributed by atoms with Crippen molar-refractivity contribution in [2.45, 2.75) is 19.8 Å². The maximum Gasteiger partial charge on any atom is 0.167 e. The van der Waals surface area contributed by atoms with Crippen molar-refractivity contribution in [3.63, 3.8) is 0 Å². The van der Waals surface area contributed by atoms with Crippen molar-refractivity contribution in [3.8, 4) is 0 Å². The van der Waals surface area contributed by atoms with Gasteiger partial charge in [-0.25, -0.2) is 15.0 Å². The topological polar surface area (TPSA) is 59.0 Å². The normalized spacial score (nSPS) is 17.5. The van der Waals surface area contributed by atoms with Gasteiger partial charge < -0.3 is 4.90 Å². The minimum absolute atomic E-state index is 0.0655. The molecule has 26 heavy (non-hydrogen) atoms. The van der Waals surface area contributed by atoms with Gasteiger partial charge in [0.15, 0.2) is 11.4 Å². The second kappa shape index (κ2) is 7.00. The van der Waals surface area contributed by atoms with Crippen LogP contribution in [0.2, 0.25) is 5.02 Å². The molecule has 0 radical (unpaired) electrons. The van der Waals surface area contributed by atoms with E-state index in [0.717, 1.165) is 30.6 Å². The van der Waals surface area contributed by atoms with E-state index in [1.165, 1.54) is 0 Å². The van der Waals surface area contributed by atoms with Crippen LogP contribution in [0.4, 0.5) is 5.82 Å². The molecule has 0 N–H and O–H groups in total. The summed E-state index contributed by atoms with van der Waals surface area (Å²) in [5.41, 5.74) is 1.37. The molecular formula is C20H19ClN4O. The third-order valence-electron chi connectivity index (χ3n) is 4.76. The van der Waals surface area contributed by atoms with Gasteiger partial charge in [-0.05, 0) is 44.0 Å². The molecule has 0 bridgehead atoms. The number of carbonyl (C=O) groups is 1. The van der Waals surface area contributed by atoms with Gasteiger partial charge in [0, 0.05) is 35.8 Å². The summed E-state index contributed by atoms with van der Waals surface area (Å²) in [7, 11) is 0. The van der Waals surface area contributed by atoms with E-state index < -0.39 is 0 Å². The summed E-state index contributed by atoms with van der Waals surface area (Å²) < 4.78 is 0. The number of anilines is 1. The fraction of sp³-hybridized carbons (Fsp3) is 0.300. The number of carbonyl (C=O) groups excluding carboxylic acids is 1. The Morgan fingerprint density at radius 1 is 1.23 bits per heavy atom. The third kappa shape index (κ3) is 3.27. The number of pyridine rings is 1. The van der Waals surface area contributed by atoms with Gasteiger partial charge in [0.05, 0.1) is 5.39 Å². The van der Waals surface area contributed by atoms with Crippen molar-refractivity contribution in [3.05, 3.63) is 59.0 Å². The van der Waals surface area contributed by atoms with Crippen LogP contribution in [0, 0.1) is 12.8 Å². The van der Waals surface area contributed by atoms with Gasteiger partial charge >= 0.3 is 0 Å². The molecule has 1 atom stereocenters. The van der Waals surface area contributed by atoms with Gasteiger partial charge in [-0.15, -0.1) is 0 Å². The van der Waals surface area contributed by atoms with Crippen LogP contribution >= 0.6 is 11.6 Å². The molecule has 3 aromatic rings. The first kappa shape index (κ1) is 16.9. The molecule has 0 aliphatic carbocycles. The van der Waals surface area contributed by atoms with Gasteiger partial charge in [0.1, 0.15) is 11.6 Å². The maximum absolute atomic E-state index is 12.9. The first-order valence-corrected chi connectivity index (χ1v) is 9.14. The Bertz CT molecular complexity index is 975. The highest BCUT2D eigenvalue weighted by Gasteiger charge is 2.28. The molecule has 0 amide bonds. The molecule has 3 heterocycles. The van der Waals surface area contributed by atoms with Crippen molar-refractivity contribution < 1.29 is 4.79 Å². The zero-order valence-corrected chi connectivity index (χ0v) is 15.3. The fourth-order valence-electron chi connectivity index (χ4n) is 3.55. The molecule has 1 unspecified atom stereocenters. The lowest BCUT2D eigenvalue weighted by Gasteiger charge is -2.33. The molecular weight excluding hydrogens is 348 g/mol. The molecule has 0 spiro atoms. The van der Waals surface area contributed by atoms with Crippen molar-refractivity contribution in [2.75, 3.05) is 18.0 Å². The highest BCUT2D eigenvalue weighted by atomic mass is 35.5. The number of aromatic nitrogens is 3. The Morgan fingerprint density at radius 3 is 2.96 bits per heavy atom. The first-order chi connectivity index (χ1) is 12.6. The fourth-order valence-corrected chi connectivity index (χ4v) is 3.74. The van der Waals surface area contributed by atoms with Crippen LogP contribution in [0.1, 0.15) is 29.0 Å². The van der Waals surface area contributed by atoms with E-state index in [0.29, 0.717) is 28.6 Å². The minimum Gasteiger partial charge on any atom is -0.355 e. The van der Waals surface area contributed by atoms with Gasteiger partial charge in [-0.3, -0.25) is 4.79 Å². The zero-order chi connectivity index (χ0) is 18.1. The number of aryl methyl sites for hydroxylation is 1. The number of piperidine rings is 1. The molecule has 1 aliphatic heterocycles. The average molecular weight is 367 g/mol. The summed E-state index contributed by atoms with van der Waals surface area (Å²) in [6, 6.07) is 11.1. The molecule has 2 aromatic heterocycles. The molecule has 0 saturated carbocycles. The Balaban J connectivity index is 1.64. The van der Waals surface area contributed by atoms with Crippen LogP contribution in [-0.4, -0.2) is 33.8 Å². The number of nitrogens with zero attached hydrogens (tertiary/aromatic N) is 4. The summed E-state index contributed by atoms with van der Waals surface area (Å²) in [5, 5.41) is 1.51. The summed E-state index contributed by atoms with van der Waals surface area (Å²) in [5.74, 6) is 1.63. The molecule has 6 heteroatoms. The van der Waals surface area contributed by atoms with Crippen molar-refractivity contribution >= 4 is 34.2 Å². The Hall–Kier alpha value is -2.53. The number of rotatable bonds is 3. The molecule has 1 fully saturated rings. The SMILES string of the molecule is Cc1nc(N2CCCC(C(=O)c3cccc(Cl)c3)C2)c2cccnc2n1. The maximum atomic E-state index is 12.9. The number of benzene rings is 1. The number of halogens is 1. The van der Waals surface area contributed by atoms with E-state index in [9.17, 15) is 4.79 Å². The molecule has 1 aliphatic rings. The Kier molecular flexibility index (Phi) is 4.55. The molecule has 1 saturated heterocycles. The Morgan fingerprint density at radius 2 is 2.12 bits per heavy atom. The third-order valence-corrected chi connectivity index (χ3v) is 5.00. The first-order valence-electron chi connectivity index (χ1n) is 8.76. The molecule has 5 nitrogen and oxygen atoms in total. The average Bonchev–Trinajstić information content (AvgIpc) is 2.67. The second-order valence-corrected chi connectivity index (χ2v) is 7.07. The molecule has 1 aromatic carbocycles. The van der Waals surface area contributed by atoms with E-state index in [1.54, 1.807) is 18.3 Å². The van der Waals surface area contributed by atoms with E-state index in [2.05, 4.69) is 19.9 Å². The highest BCUT2D eigenvalue weighted by molar-refractivity contribution is 6.31. The number of Topliss-reactive ketones (excluding diaryl/α,β-unsaturated/α-hetero) is 1. The second-order valence-electron chi connectivity index (χ2n) is 6.63. The monoisotopic (exact) mass is 366 g/mol. The number of ketones is 1. The largest absolute Gasteiger partial charge is 0.355 e. The van der Waals surface area contributed by atoms with Gasteiger partial charge in [-0.2, -0.15) is 0 Å². The highest BCUT2D eigenvalue weighted by Crippen LogP contribution is 2.29. The van der Waals surface area contributed by atoms with E-state index in [1.807, 2.05) is 31.2 Å². The predicted molar refractivity (Wildman–Crippen MR) is 103 cm³/mol. The summed E-state index contributed by atoms with van der Waals surface area (Å²) in [6.07, 6.45) is 3.56. The minimum atomic E-state index is -0.0655. The predicted octanol–water partition coefficient (Wildman–Crippen LogP) is 4.09. The van der Waals surface area contributed by atoms with Crippen molar-refractivity contribution in [1.82, 2.24) is 15.0 Å². The van der Waals surface area contributed by atoms with E-state index in [-0.39, 0.29) is 11.7 Å². The quantitative estimate of drug-likeness (QED) is 0.653. The van der Waals surface area contributed by atoms with Crippen LogP contribution in [-0.2, 0) is 0 Å². The van der Waals surface area contributed by atoms with Gasteiger partial charge in [0.25, 0.3) is 0 Å². The number of hydrogen-bond acceptors (Lipinski definition) is 5. The lowest BCUT2D eigenvalue weighted by Crippen LogP contribution is -2.39. The van der Waals surface area contributed by atoms with Crippen LogP contribution < -0.4 is 4.90 Å². The van der Waals surface area contributed by atoms with Crippen molar-refractivity contribution in [2.24, 2.45) is 5.92 Å². The van der Waals surface area contributed by atoms with Gasteiger partial charge in [0.2, 0.25) is 0 Å². The van der Waals surface area contributed by atoms with Crippen LogP contribution in [0.25, 0.3) is 11.0 Å². The van der Waals surface area contributed by atoms with Gasteiger partial charge in [-0.1, -0.05) is 23.7 Å². The Labute approximate surface area is 157 Å². The summed E-state index contributed by atoms with van der Waals surface area (Å²) in [4.78, 5) is 28.5. The zero-order valence-electron chi connectivity index (χ0n) is 14.5. The standard InChI is InChI=1S/C20H19ClN4O/c1-13-23-19-17(8-3-9-22-19)20(24-13)25-10-4-6-15(12-25)18(26)14-5-2-7-16(21)11-14/h2-3,5,7-9,11,15H,4,6,10,12H2,1H3. The lowest BCUT2D eigenvalue weighted by atomic mass is 9.90. The molecule has 132 valence electrons. The summed E-state index contributed by atoms with van der Waals surface area (Å²) in [6.45, 7) is 3.39. The number of hydrogen-bond donors (Lipinski definition) is 0. The van der Waals surface area contributed by atoms with Crippen LogP contribution in [0.5, 0.6) is 0 Å². The van der Waals surface area contributed by atoms with E-state index >= 15 is 0 Å². The van der Waals surface area contributed by atoms with Crippen LogP contribution in [0.15, 0.2) is 42.6 Å². The number of fused-ring (bicyclic) bond motifs is 1. The smallest absolute Gasteiger partial charge is 0.167 e. The lowest BCUT2D eigenvalue weighted by molar-refractivity contribution is 0.0907. The van der Waals surface area contributed by atoms with Crippen LogP contribution in [0.3, 0.4) is 0 Å².